The van der Waals surface area contributed by atoms with Crippen LogP contribution in [0.5, 0.6) is 0 Å². The van der Waals surface area contributed by atoms with Gasteiger partial charge in [-0.25, -0.2) is 0 Å². The average molecular weight is 302 g/mol. The van der Waals surface area contributed by atoms with Crippen molar-refractivity contribution in [3.63, 3.8) is 0 Å². The normalized spacial score (nSPS) is 29.1. The van der Waals surface area contributed by atoms with Crippen LogP contribution in [0.4, 0.5) is 0 Å². The number of nitrogens with zero attached hydrogens (tertiary/aromatic N) is 1. The van der Waals surface area contributed by atoms with Gasteiger partial charge >= 0.3 is 0 Å². The largest absolute Gasteiger partial charge is 0.300 e. The van der Waals surface area contributed by atoms with Crippen LogP contribution in [0.1, 0.15) is 58.8 Å². The number of piperidine rings is 1. The summed E-state index contributed by atoms with van der Waals surface area (Å²) < 4.78 is 0. The zero-order valence-electron chi connectivity index (χ0n) is 11.6. The van der Waals surface area contributed by atoms with Gasteiger partial charge in [-0.05, 0) is 43.4 Å². The molecule has 1 aliphatic carbocycles. The van der Waals surface area contributed by atoms with Crippen LogP contribution in [-0.2, 0) is 0 Å². The molecule has 1 aliphatic heterocycles. The van der Waals surface area contributed by atoms with E-state index in [-0.39, 0.29) is 0 Å². The Bertz CT molecular complexity index is 235. The molecule has 2 atom stereocenters. The highest BCUT2D eigenvalue weighted by Crippen LogP contribution is 2.41. The molecule has 2 rings (SSSR count). The van der Waals surface area contributed by atoms with Crippen LogP contribution in [0, 0.1) is 11.3 Å². The Labute approximate surface area is 115 Å². The van der Waals surface area contributed by atoms with Crippen LogP contribution < -0.4 is 0 Å². The van der Waals surface area contributed by atoms with Crippen molar-refractivity contribution >= 4 is 15.9 Å². The monoisotopic (exact) mass is 301 g/mol. The second kappa shape index (κ2) is 6.06. The summed E-state index contributed by atoms with van der Waals surface area (Å²) in [6.45, 7) is 7.42. The molecule has 2 unspecified atom stereocenters. The molecule has 0 aromatic carbocycles. The van der Waals surface area contributed by atoms with Crippen LogP contribution in [0.25, 0.3) is 0 Å². The molecule has 0 N–H and O–H groups in total. The van der Waals surface area contributed by atoms with Crippen molar-refractivity contribution in [2.24, 2.45) is 11.3 Å². The molecular weight excluding hydrogens is 274 g/mol. The minimum atomic E-state index is 0.550. The molecule has 100 valence electrons. The Morgan fingerprint density at radius 1 is 1.18 bits per heavy atom. The lowest BCUT2D eigenvalue weighted by atomic mass is 9.80. The second-order valence-corrected chi connectivity index (χ2v) is 6.96. The highest BCUT2D eigenvalue weighted by atomic mass is 79.9. The van der Waals surface area contributed by atoms with Crippen LogP contribution in [0.3, 0.4) is 0 Å². The van der Waals surface area contributed by atoms with Gasteiger partial charge in [0.2, 0.25) is 0 Å². The molecule has 2 heteroatoms. The zero-order valence-corrected chi connectivity index (χ0v) is 13.1. The highest BCUT2D eigenvalue weighted by Gasteiger charge is 2.41. The summed E-state index contributed by atoms with van der Waals surface area (Å²) in [4.78, 5) is 2.82. The molecule has 1 heterocycles. The summed E-state index contributed by atoms with van der Waals surface area (Å²) in [5.41, 5.74) is 0.550. The highest BCUT2D eigenvalue weighted by molar-refractivity contribution is 9.09. The SMILES string of the molecule is CCCC(CBr)(CCC)CN1CC2CCC1C2. The number of hydrogen-bond donors (Lipinski definition) is 0. The Balaban J connectivity index is 1.96. The van der Waals surface area contributed by atoms with E-state index >= 15 is 0 Å². The van der Waals surface area contributed by atoms with E-state index in [9.17, 15) is 0 Å². The zero-order chi connectivity index (χ0) is 12.3. The number of rotatable bonds is 7. The minimum absolute atomic E-state index is 0.550. The van der Waals surface area contributed by atoms with Gasteiger partial charge in [0, 0.05) is 24.5 Å². The van der Waals surface area contributed by atoms with E-state index in [1.807, 2.05) is 0 Å². The van der Waals surface area contributed by atoms with Crippen LogP contribution in [0.15, 0.2) is 0 Å². The number of likely N-dealkylation sites (tertiary alicyclic amines) is 1. The lowest BCUT2D eigenvalue weighted by Crippen LogP contribution is -2.42. The molecular formula is C15H28BrN. The second-order valence-electron chi connectivity index (χ2n) is 6.40. The van der Waals surface area contributed by atoms with Crippen molar-refractivity contribution in [2.75, 3.05) is 18.4 Å². The van der Waals surface area contributed by atoms with Crippen LogP contribution in [-0.4, -0.2) is 29.4 Å². The number of alkyl halides is 1. The van der Waals surface area contributed by atoms with Gasteiger partial charge in [-0.15, -0.1) is 0 Å². The molecule has 2 bridgehead atoms. The standard InChI is InChI=1S/C15H28BrN/c1-3-7-15(11-16,8-4-2)12-17-10-13-5-6-14(17)9-13/h13-14H,3-12H2,1-2H3. The average Bonchev–Trinajstić information content (AvgIpc) is 2.91. The molecule has 0 aromatic rings. The number of halogens is 1. The third kappa shape index (κ3) is 3.07. The molecule has 0 radical (unpaired) electrons. The van der Waals surface area contributed by atoms with E-state index in [4.69, 9.17) is 0 Å². The number of fused-ring (bicyclic) bond motifs is 2. The van der Waals surface area contributed by atoms with Crippen molar-refractivity contribution < 1.29 is 0 Å². The lowest BCUT2D eigenvalue weighted by molar-refractivity contribution is 0.118. The molecule has 1 saturated heterocycles. The van der Waals surface area contributed by atoms with E-state index < -0.39 is 0 Å². The first-order valence-electron chi connectivity index (χ1n) is 7.53. The molecule has 1 nitrogen and oxygen atoms in total. The van der Waals surface area contributed by atoms with Gasteiger partial charge in [-0.1, -0.05) is 42.6 Å². The van der Waals surface area contributed by atoms with Gasteiger partial charge in [0.25, 0.3) is 0 Å². The first kappa shape index (κ1) is 13.9. The van der Waals surface area contributed by atoms with Crippen molar-refractivity contribution in [2.45, 2.75) is 64.8 Å². The summed E-state index contributed by atoms with van der Waals surface area (Å²) in [5, 5.41) is 1.19. The van der Waals surface area contributed by atoms with Gasteiger partial charge < -0.3 is 0 Å². The fourth-order valence-corrected chi connectivity index (χ4v) is 4.91. The van der Waals surface area contributed by atoms with Crippen molar-refractivity contribution in [3.05, 3.63) is 0 Å². The molecule has 2 fully saturated rings. The Kier molecular flexibility index (Phi) is 4.94. The maximum Gasteiger partial charge on any atom is 0.0100 e. The maximum absolute atomic E-state index is 3.81. The molecule has 2 aliphatic rings. The Morgan fingerprint density at radius 2 is 1.88 bits per heavy atom. The van der Waals surface area contributed by atoms with Crippen LogP contribution >= 0.6 is 15.9 Å². The number of hydrogen-bond acceptors (Lipinski definition) is 1. The molecule has 0 spiro atoms. The Hall–Kier alpha value is 0.440. The topological polar surface area (TPSA) is 3.24 Å². The fourth-order valence-electron chi connectivity index (χ4n) is 4.17. The van der Waals surface area contributed by atoms with E-state index in [1.165, 1.54) is 63.4 Å². The summed E-state index contributed by atoms with van der Waals surface area (Å²) in [6.07, 6.45) is 9.91. The summed E-state index contributed by atoms with van der Waals surface area (Å²) in [6, 6.07) is 0.937. The lowest BCUT2D eigenvalue weighted by Gasteiger charge is -2.39. The molecule has 0 aromatic heterocycles. The summed E-state index contributed by atoms with van der Waals surface area (Å²) >= 11 is 3.81. The molecule has 1 saturated carbocycles. The predicted octanol–water partition coefficient (Wildman–Crippen LogP) is 4.45. The van der Waals surface area contributed by atoms with Crippen molar-refractivity contribution in [1.29, 1.82) is 0 Å². The maximum atomic E-state index is 3.81. The smallest absolute Gasteiger partial charge is 0.0100 e. The third-order valence-corrected chi connectivity index (χ3v) is 6.09. The first-order chi connectivity index (χ1) is 8.23. The predicted molar refractivity (Wildman–Crippen MR) is 78.7 cm³/mol. The first-order valence-corrected chi connectivity index (χ1v) is 8.65. The summed E-state index contributed by atoms with van der Waals surface area (Å²) in [5.74, 6) is 1.04. The van der Waals surface area contributed by atoms with E-state index in [2.05, 4.69) is 34.7 Å². The van der Waals surface area contributed by atoms with Gasteiger partial charge in [0.1, 0.15) is 0 Å². The van der Waals surface area contributed by atoms with Crippen molar-refractivity contribution in [1.82, 2.24) is 4.90 Å². The van der Waals surface area contributed by atoms with Gasteiger partial charge in [-0.3, -0.25) is 4.90 Å². The van der Waals surface area contributed by atoms with Crippen LogP contribution in [0.2, 0.25) is 0 Å². The summed E-state index contributed by atoms with van der Waals surface area (Å²) in [7, 11) is 0. The quantitative estimate of drug-likeness (QED) is 0.628. The molecule has 17 heavy (non-hydrogen) atoms. The Morgan fingerprint density at radius 3 is 2.29 bits per heavy atom. The van der Waals surface area contributed by atoms with Gasteiger partial charge in [0.15, 0.2) is 0 Å². The van der Waals surface area contributed by atoms with E-state index in [0.29, 0.717) is 5.41 Å². The van der Waals surface area contributed by atoms with Crippen molar-refractivity contribution in [3.8, 4) is 0 Å². The van der Waals surface area contributed by atoms with E-state index in [0.717, 1.165) is 12.0 Å². The third-order valence-electron chi connectivity index (χ3n) is 4.91. The van der Waals surface area contributed by atoms with E-state index in [1.54, 1.807) is 0 Å². The van der Waals surface area contributed by atoms with Gasteiger partial charge in [-0.2, -0.15) is 0 Å². The molecule has 0 amide bonds. The minimum Gasteiger partial charge on any atom is -0.300 e. The van der Waals surface area contributed by atoms with Gasteiger partial charge in [0.05, 0.1) is 0 Å². The fraction of sp³-hybridized carbons (Fsp3) is 1.00.